The molecule has 0 spiro atoms. The van der Waals surface area contributed by atoms with Gasteiger partial charge in [0.2, 0.25) is 0 Å². The molecule has 2 aromatic rings. The summed E-state index contributed by atoms with van der Waals surface area (Å²) in [4.78, 5) is 0. The Balaban J connectivity index is 2.64. The molecule has 0 fully saturated rings. The van der Waals surface area contributed by atoms with Crippen LogP contribution >= 0.6 is 11.6 Å². The Bertz CT molecular complexity index is 552. The zero-order valence-electron chi connectivity index (χ0n) is 9.50. The van der Waals surface area contributed by atoms with E-state index in [1.54, 1.807) is 13.0 Å². The molecule has 1 nitrogen and oxygen atoms in total. The van der Waals surface area contributed by atoms with E-state index < -0.39 is 0 Å². The minimum Gasteiger partial charge on any atom is -0.326 e. The monoisotopic (exact) mass is 249 g/mol. The quantitative estimate of drug-likeness (QED) is 0.858. The zero-order chi connectivity index (χ0) is 12.4. The first-order valence-electron chi connectivity index (χ1n) is 5.37. The van der Waals surface area contributed by atoms with Crippen LogP contribution in [0.5, 0.6) is 0 Å². The van der Waals surface area contributed by atoms with Crippen molar-refractivity contribution in [1.29, 1.82) is 0 Å². The van der Waals surface area contributed by atoms with E-state index in [2.05, 4.69) is 0 Å². The largest absolute Gasteiger partial charge is 0.326 e. The summed E-state index contributed by atoms with van der Waals surface area (Å²) in [6.45, 7) is 2.16. The molecule has 0 aromatic heterocycles. The van der Waals surface area contributed by atoms with Crippen LogP contribution in [0, 0.1) is 12.7 Å². The van der Waals surface area contributed by atoms with Crippen molar-refractivity contribution in [1.82, 2.24) is 0 Å². The zero-order valence-corrected chi connectivity index (χ0v) is 10.3. The minimum atomic E-state index is -0.288. The van der Waals surface area contributed by atoms with E-state index >= 15 is 0 Å². The summed E-state index contributed by atoms with van der Waals surface area (Å²) in [5.74, 6) is -0.288. The standard InChI is InChI=1S/C14H13ClFN/c1-9-6-12(13(15)7-14(9)16)11-5-3-2-4-10(11)8-17/h2-7H,8,17H2,1H3. The average molecular weight is 250 g/mol. The predicted octanol–water partition coefficient (Wildman–Crippen LogP) is 3.91. The van der Waals surface area contributed by atoms with Crippen molar-refractivity contribution < 1.29 is 4.39 Å². The Kier molecular flexibility index (Phi) is 3.46. The number of hydrogen-bond acceptors (Lipinski definition) is 1. The number of aryl methyl sites for hydroxylation is 1. The first-order chi connectivity index (χ1) is 8.13. The molecule has 17 heavy (non-hydrogen) atoms. The molecule has 2 rings (SSSR count). The van der Waals surface area contributed by atoms with Crippen LogP contribution in [0.2, 0.25) is 5.02 Å². The highest BCUT2D eigenvalue weighted by molar-refractivity contribution is 6.33. The third-order valence-corrected chi connectivity index (χ3v) is 3.09. The van der Waals surface area contributed by atoms with Gasteiger partial charge in [-0.15, -0.1) is 0 Å². The summed E-state index contributed by atoms with van der Waals surface area (Å²) in [7, 11) is 0. The third-order valence-electron chi connectivity index (χ3n) is 2.78. The summed E-state index contributed by atoms with van der Waals surface area (Å²) in [5.41, 5.74) is 9.06. The van der Waals surface area contributed by atoms with E-state index in [1.165, 1.54) is 6.07 Å². The topological polar surface area (TPSA) is 26.0 Å². The second kappa shape index (κ2) is 4.86. The lowest BCUT2D eigenvalue weighted by Gasteiger charge is -2.11. The normalized spacial score (nSPS) is 10.6. The van der Waals surface area contributed by atoms with Gasteiger partial charge in [-0.05, 0) is 35.7 Å². The Hall–Kier alpha value is -1.38. The smallest absolute Gasteiger partial charge is 0.127 e. The van der Waals surface area contributed by atoms with Gasteiger partial charge >= 0.3 is 0 Å². The highest BCUT2D eigenvalue weighted by Gasteiger charge is 2.10. The van der Waals surface area contributed by atoms with Gasteiger partial charge in [-0.1, -0.05) is 35.9 Å². The number of benzene rings is 2. The lowest BCUT2D eigenvalue weighted by molar-refractivity contribution is 0.619. The molecular weight excluding hydrogens is 237 g/mol. The Morgan fingerprint density at radius 2 is 1.88 bits per heavy atom. The third kappa shape index (κ3) is 2.33. The van der Waals surface area contributed by atoms with Gasteiger partial charge in [0.05, 0.1) is 5.02 Å². The first kappa shape index (κ1) is 12.1. The molecule has 0 aliphatic rings. The SMILES string of the molecule is Cc1cc(-c2ccccc2CN)c(Cl)cc1F. The Labute approximate surface area is 105 Å². The lowest BCUT2D eigenvalue weighted by Crippen LogP contribution is -1.99. The van der Waals surface area contributed by atoms with Gasteiger partial charge in [0.15, 0.2) is 0 Å². The molecule has 0 aliphatic carbocycles. The molecule has 2 N–H and O–H groups in total. The molecule has 0 atom stereocenters. The maximum atomic E-state index is 13.3. The van der Waals surface area contributed by atoms with Gasteiger partial charge < -0.3 is 5.73 Å². The van der Waals surface area contributed by atoms with Crippen molar-refractivity contribution in [2.24, 2.45) is 5.73 Å². The molecule has 0 saturated heterocycles. The van der Waals surface area contributed by atoms with Gasteiger partial charge in [-0.25, -0.2) is 4.39 Å². The Morgan fingerprint density at radius 1 is 1.18 bits per heavy atom. The summed E-state index contributed by atoms with van der Waals surface area (Å²) in [6.07, 6.45) is 0. The maximum Gasteiger partial charge on any atom is 0.127 e. The highest BCUT2D eigenvalue weighted by Crippen LogP contribution is 2.32. The second-order valence-corrected chi connectivity index (χ2v) is 4.35. The number of rotatable bonds is 2. The molecule has 0 saturated carbocycles. The molecule has 0 amide bonds. The van der Waals surface area contributed by atoms with E-state index in [0.29, 0.717) is 17.1 Å². The summed E-state index contributed by atoms with van der Waals surface area (Å²) in [6, 6.07) is 10.8. The molecule has 0 radical (unpaired) electrons. The van der Waals surface area contributed by atoms with Crippen LogP contribution in [-0.2, 0) is 6.54 Å². The van der Waals surface area contributed by atoms with E-state index in [-0.39, 0.29) is 5.82 Å². The van der Waals surface area contributed by atoms with Gasteiger partial charge in [0.1, 0.15) is 5.82 Å². The van der Waals surface area contributed by atoms with Gasteiger partial charge in [0, 0.05) is 12.1 Å². The van der Waals surface area contributed by atoms with Gasteiger partial charge in [-0.2, -0.15) is 0 Å². The van der Waals surface area contributed by atoms with Crippen LogP contribution in [-0.4, -0.2) is 0 Å². The van der Waals surface area contributed by atoms with Crippen molar-refractivity contribution in [2.45, 2.75) is 13.5 Å². The van der Waals surface area contributed by atoms with Crippen LogP contribution in [0.1, 0.15) is 11.1 Å². The fourth-order valence-electron chi connectivity index (χ4n) is 1.82. The van der Waals surface area contributed by atoms with E-state index in [4.69, 9.17) is 17.3 Å². The molecule has 2 aromatic carbocycles. The van der Waals surface area contributed by atoms with Crippen LogP contribution in [0.25, 0.3) is 11.1 Å². The number of nitrogens with two attached hydrogens (primary N) is 1. The lowest BCUT2D eigenvalue weighted by atomic mass is 9.98. The highest BCUT2D eigenvalue weighted by atomic mass is 35.5. The maximum absolute atomic E-state index is 13.3. The molecule has 88 valence electrons. The minimum absolute atomic E-state index is 0.288. The summed E-state index contributed by atoms with van der Waals surface area (Å²) < 4.78 is 13.3. The van der Waals surface area contributed by atoms with Crippen molar-refractivity contribution >= 4 is 11.6 Å². The second-order valence-electron chi connectivity index (χ2n) is 3.94. The van der Waals surface area contributed by atoms with Crippen molar-refractivity contribution in [3.8, 4) is 11.1 Å². The molecule has 3 heteroatoms. The molecule has 0 heterocycles. The fourth-order valence-corrected chi connectivity index (χ4v) is 2.08. The van der Waals surface area contributed by atoms with Crippen LogP contribution in [0.15, 0.2) is 36.4 Å². The predicted molar refractivity (Wildman–Crippen MR) is 69.5 cm³/mol. The van der Waals surface area contributed by atoms with Crippen molar-refractivity contribution in [2.75, 3.05) is 0 Å². The fraction of sp³-hybridized carbons (Fsp3) is 0.143. The van der Waals surface area contributed by atoms with E-state index in [1.807, 2.05) is 24.3 Å². The number of hydrogen-bond donors (Lipinski definition) is 1. The molecule has 0 aliphatic heterocycles. The Morgan fingerprint density at radius 3 is 2.59 bits per heavy atom. The van der Waals surface area contributed by atoms with Gasteiger partial charge in [0.25, 0.3) is 0 Å². The van der Waals surface area contributed by atoms with E-state index in [9.17, 15) is 4.39 Å². The first-order valence-corrected chi connectivity index (χ1v) is 5.75. The van der Waals surface area contributed by atoms with Crippen LogP contribution < -0.4 is 5.73 Å². The average Bonchev–Trinajstić information content (AvgIpc) is 2.34. The number of halogens is 2. The molecule has 0 bridgehead atoms. The van der Waals surface area contributed by atoms with E-state index in [0.717, 1.165) is 16.7 Å². The summed E-state index contributed by atoms with van der Waals surface area (Å²) >= 11 is 6.08. The van der Waals surface area contributed by atoms with Crippen LogP contribution in [0.4, 0.5) is 4.39 Å². The van der Waals surface area contributed by atoms with Gasteiger partial charge in [-0.3, -0.25) is 0 Å². The molecule has 0 unspecified atom stereocenters. The van der Waals surface area contributed by atoms with Crippen molar-refractivity contribution in [3.63, 3.8) is 0 Å². The summed E-state index contributed by atoms with van der Waals surface area (Å²) in [5, 5.41) is 0.411. The van der Waals surface area contributed by atoms with Crippen LogP contribution in [0.3, 0.4) is 0 Å². The van der Waals surface area contributed by atoms with Crippen molar-refractivity contribution in [3.05, 3.63) is 58.4 Å². The molecular formula is C14H13ClFN.